The first kappa shape index (κ1) is 17.0. The number of nitrogens with zero attached hydrogens (tertiary/aromatic N) is 2. The minimum Gasteiger partial charge on any atom is -0.497 e. The quantitative estimate of drug-likeness (QED) is 0.640. The van der Waals surface area contributed by atoms with Gasteiger partial charge in [0, 0.05) is 23.4 Å². The number of benzene rings is 2. The van der Waals surface area contributed by atoms with Crippen molar-refractivity contribution in [3.63, 3.8) is 0 Å². The second-order valence-corrected chi connectivity index (χ2v) is 6.12. The number of aromatic nitrogens is 2. The number of hydrogen-bond acceptors (Lipinski definition) is 7. The lowest BCUT2D eigenvalue weighted by Gasteiger charge is -2.08. The average Bonchev–Trinajstić information content (AvgIpc) is 3.10. The molecule has 0 aliphatic heterocycles. The van der Waals surface area contributed by atoms with Crippen molar-refractivity contribution < 1.29 is 18.7 Å². The molecule has 1 heterocycles. The van der Waals surface area contributed by atoms with Crippen LogP contribution in [0.4, 0.5) is 0 Å². The minimum absolute atomic E-state index is 0.179. The molecule has 0 unspecified atom stereocenters. The SMILES string of the molecule is COc1ccc(C(=O)Sc2nnc(-c3ccc(C)cc3)o2)c(OC)c1. The average molecular weight is 356 g/mol. The highest BCUT2D eigenvalue weighted by molar-refractivity contribution is 8.14. The third-order valence-corrected chi connectivity index (χ3v) is 4.26. The number of carbonyl (C=O) groups excluding carboxylic acids is 1. The maximum atomic E-state index is 12.5. The van der Waals surface area contributed by atoms with Crippen molar-refractivity contribution in [3.05, 3.63) is 53.6 Å². The highest BCUT2D eigenvalue weighted by Gasteiger charge is 2.19. The second-order valence-electron chi connectivity index (χ2n) is 5.19. The van der Waals surface area contributed by atoms with Gasteiger partial charge in [0.2, 0.25) is 11.0 Å². The van der Waals surface area contributed by atoms with Crippen LogP contribution in [0.5, 0.6) is 11.5 Å². The summed E-state index contributed by atoms with van der Waals surface area (Å²) >= 11 is 0.858. The zero-order valence-corrected chi connectivity index (χ0v) is 14.8. The van der Waals surface area contributed by atoms with Gasteiger partial charge in [-0.25, -0.2) is 0 Å². The summed E-state index contributed by atoms with van der Waals surface area (Å²) in [5.74, 6) is 1.41. The molecule has 0 amide bonds. The molecular weight excluding hydrogens is 340 g/mol. The fourth-order valence-corrected chi connectivity index (χ4v) is 2.80. The summed E-state index contributed by atoms with van der Waals surface area (Å²) in [6.07, 6.45) is 0. The van der Waals surface area contributed by atoms with Gasteiger partial charge in [0.05, 0.1) is 19.8 Å². The normalized spacial score (nSPS) is 10.5. The van der Waals surface area contributed by atoms with Crippen molar-refractivity contribution in [2.24, 2.45) is 0 Å². The van der Waals surface area contributed by atoms with Crippen LogP contribution in [-0.2, 0) is 0 Å². The van der Waals surface area contributed by atoms with Gasteiger partial charge in [-0.1, -0.05) is 17.7 Å². The standard InChI is InChI=1S/C18H16N2O4S/c1-11-4-6-12(7-5-11)16-19-20-18(24-16)25-17(21)14-9-8-13(22-2)10-15(14)23-3/h4-10H,1-3H3. The summed E-state index contributed by atoms with van der Waals surface area (Å²) in [7, 11) is 3.05. The van der Waals surface area contributed by atoms with E-state index in [-0.39, 0.29) is 10.3 Å². The van der Waals surface area contributed by atoms with E-state index in [0.717, 1.165) is 22.9 Å². The number of carbonyl (C=O) groups is 1. The first-order chi connectivity index (χ1) is 12.1. The van der Waals surface area contributed by atoms with Gasteiger partial charge in [0.25, 0.3) is 5.22 Å². The van der Waals surface area contributed by atoms with E-state index in [1.165, 1.54) is 7.11 Å². The van der Waals surface area contributed by atoms with Crippen LogP contribution in [0.25, 0.3) is 11.5 Å². The highest BCUT2D eigenvalue weighted by atomic mass is 32.2. The zero-order chi connectivity index (χ0) is 17.8. The summed E-state index contributed by atoms with van der Waals surface area (Å²) in [5, 5.41) is 7.85. The summed E-state index contributed by atoms with van der Waals surface area (Å²) in [4.78, 5) is 12.5. The van der Waals surface area contributed by atoms with Crippen molar-refractivity contribution in [1.82, 2.24) is 10.2 Å². The number of thioether (sulfide) groups is 1. The van der Waals surface area contributed by atoms with Crippen LogP contribution < -0.4 is 9.47 Å². The zero-order valence-electron chi connectivity index (χ0n) is 14.0. The van der Waals surface area contributed by atoms with Gasteiger partial charge in [-0.2, -0.15) is 0 Å². The first-order valence-electron chi connectivity index (χ1n) is 7.45. The van der Waals surface area contributed by atoms with Crippen molar-refractivity contribution in [2.45, 2.75) is 12.1 Å². The smallest absolute Gasteiger partial charge is 0.284 e. The molecule has 3 aromatic rings. The van der Waals surface area contributed by atoms with Gasteiger partial charge in [0.15, 0.2) is 0 Å². The second kappa shape index (κ2) is 7.40. The van der Waals surface area contributed by atoms with E-state index in [9.17, 15) is 4.79 Å². The van der Waals surface area contributed by atoms with E-state index >= 15 is 0 Å². The van der Waals surface area contributed by atoms with Crippen LogP contribution in [0.1, 0.15) is 15.9 Å². The Morgan fingerprint density at radius 1 is 1.04 bits per heavy atom. The molecule has 1 aromatic heterocycles. The third-order valence-electron chi connectivity index (χ3n) is 3.51. The predicted molar refractivity (Wildman–Crippen MR) is 94.2 cm³/mol. The molecule has 0 N–H and O–H groups in total. The van der Waals surface area contributed by atoms with Crippen LogP contribution >= 0.6 is 11.8 Å². The van der Waals surface area contributed by atoms with Crippen molar-refractivity contribution in [3.8, 4) is 23.0 Å². The molecule has 6 nitrogen and oxygen atoms in total. The molecule has 0 aliphatic carbocycles. The third kappa shape index (κ3) is 3.83. The largest absolute Gasteiger partial charge is 0.497 e. The van der Waals surface area contributed by atoms with E-state index in [2.05, 4.69) is 10.2 Å². The lowest BCUT2D eigenvalue weighted by molar-refractivity contribution is 0.108. The Morgan fingerprint density at radius 3 is 2.48 bits per heavy atom. The number of rotatable bonds is 5. The van der Waals surface area contributed by atoms with Crippen molar-refractivity contribution in [2.75, 3.05) is 14.2 Å². The topological polar surface area (TPSA) is 74.5 Å². The molecule has 0 saturated heterocycles. The van der Waals surface area contributed by atoms with E-state index in [4.69, 9.17) is 13.9 Å². The van der Waals surface area contributed by atoms with Crippen LogP contribution in [0.3, 0.4) is 0 Å². The van der Waals surface area contributed by atoms with Gasteiger partial charge in [-0.15, -0.1) is 10.2 Å². The lowest BCUT2D eigenvalue weighted by atomic mass is 10.1. The van der Waals surface area contributed by atoms with Gasteiger partial charge < -0.3 is 13.9 Å². The monoisotopic (exact) mass is 356 g/mol. The van der Waals surface area contributed by atoms with Crippen LogP contribution in [-0.4, -0.2) is 29.5 Å². The number of aryl methyl sites for hydroxylation is 1. The maximum Gasteiger partial charge on any atom is 0.284 e. The molecule has 0 radical (unpaired) electrons. The molecule has 128 valence electrons. The Kier molecular flexibility index (Phi) is 5.04. The molecule has 0 atom stereocenters. The maximum absolute atomic E-state index is 12.5. The highest BCUT2D eigenvalue weighted by Crippen LogP contribution is 2.31. The Morgan fingerprint density at radius 2 is 1.80 bits per heavy atom. The summed E-state index contributed by atoms with van der Waals surface area (Å²) in [6.45, 7) is 2.00. The lowest BCUT2D eigenvalue weighted by Crippen LogP contribution is -1.99. The Hall–Kier alpha value is -2.80. The van der Waals surface area contributed by atoms with Gasteiger partial charge in [0.1, 0.15) is 11.5 Å². The number of ether oxygens (including phenoxy) is 2. The number of hydrogen-bond donors (Lipinski definition) is 0. The van der Waals surface area contributed by atoms with E-state index in [1.807, 2.05) is 31.2 Å². The summed E-state index contributed by atoms with van der Waals surface area (Å²) < 4.78 is 16.0. The minimum atomic E-state index is -0.251. The van der Waals surface area contributed by atoms with Crippen LogP contribution in [0.15, 0.2) is 52.1 Å². The van der Waals surface area contributed by atoms with E-state index in [0.29, 0.717) is 23.0 Å². The fourth-order valence-electron chi connectivity index (χ4n) is 2.17. The Balaban J connectivity index is 1.79. The molecular formula is C18H16N2O4S. The summed E-state index contributed by atoms with van der Waals surface area (Å²) in [5.41, 5.74) is 2.35. The molecule has 0 aliphatic rings. The van der Waals surface area contributed by atoms with Crippen LogP contribution in [0.2, 0.25) is 0 Å². The molecule has 2 aromatic carbocycles. The van der Waals surface area contributed by atoms with E-state index in [1.54, 1.807) is 25.3 Å². The van der Waals surface area contributed by atoms with Crippen LogP contribution in [0, 0.1) is 6.92 Å². The Labute approximate surface area is 149 Å². The van der Waals surface area contributed by atoms with Gasteiger partial charge >= 0.3 is 0 Å². The molecule has 7 heteroatoms. The van der Waals surface area contributed by atoms with Gasteiger partial charge in [-0.3, -0.25) is 4.79 Å². The molecule has 0 fully saturated rings. The fraction of sp³-hybridized carbons (Fsp3) is 0.167. The predicted octanol–water partition coefficient (Wildman–Crippen LogP) is 3.99. The molecule has 0 spiro atoms. The number of methoxy groups -OCH3 is 2. The molecule has 0 saturated carbocycles. The molecule has 0 bridgehead atoms. The molecule has 3 rings (SSSR count). The summed E-state index contributed by atoms with van der Waals surface area (Å²) in [6, 6.07) is 12.7. The molecule has 25 heavy (non-hydrogen) atoms. The van der Waals surface area contributed by atoms with Crippen molar-refractivity contribution in [1.29, 1.82) is 0 Å². The van der Waals surface area contributed by atoms with Gasteiger partial charge in [-0.05, 0) is 31.2 Å². The Bertz CT molecular complexity index is 890. The van der Waals surface area contributed by atoms with E-state index < -0.39 is 0 Å². The first-order valence-corrected chi connectivity index (χ1v) is 8.27. The van der Waals surface area contributed by atoms with Crippen molar-refractivity contribution >= 4 is 16.9 Å².